The van der Waals surface area contributed by atoms with Gasteiger partial charge >= 0.3 is 0 Å². The largest absolute Gasteiger partial charge is 0.352 e. The van der Waals surface area contributed by atoms with Crippen LogP contribution in [0.25, 0.3) is 11.3 Å². The predicted octanol–water partition coefficient (Wildman–Crippen LogP) is 2.79. The number of halogens is 1. The summed E-state index contributed by atoms with van der Waals surface area (Å²) < 4.78 is 40.2. The van der Waals surface area contributed by atoms with Gasteiger partial charge in [-0.2, -0.15) is 4.31 Å². The summed E-state index contributed by atoms with van der Waals surface area (Å²) in [6, 6.07) is 9.65. The number of thiophene rings is 1. The molecule has 1 aromatic carbocycles. The molecule has 0 saturated carbocycles. The summed E-state index contributed by atoms with van der Waals surface area (Å²) in [7, 11) is -1.79. The minimum atomic E-state index is -3.42. The van der Waals surface area contributed by atoms with Gasteiger partial charge in [0.2, 0.25) is 0 Å². The van der Waals surface area contributed by atoms with Gasteiger partial charge in [0, 0.05) is 64.3 Å². The molecule has 0 bridgehead atoms. The van der Waals surface area contributed by atoms with E-state index in [1.165, 1.54) is 27.8 Å². The fraction of sp³-hybridized carbons (Fsp3) is 0.333. The van der Waals surface area contributed by atoms with Gasteiger partial charge in [0.1, 0.15) is 15.7 Å². The van der Waals surface area contributed by atoms with Crippen molar-refractivity contribution < 1.29 is 12.8 Å². The molecule has 0 amide bonds. The number of nitrogens with zero attached hydrogens (tertiary/aromatic N) is 5. The van der Waals surface area contributed by atoms with Crippen molar-refractivity contribution in [2.45, 2.75) is 4.21 Å². The van der Waals surface area contributed by atoms with Crippen LogP contribution >= 0.6 is 11.3 Å². The first-order valence-electron chi connectivity index (χ1n) is 9.99. The van der Waals surface area contributed by atoms with E-state index in [0.29, 0.717) is 17.3 Å². The molecule has 164 valence electrons. The highest BCUT2D eigenvalue weighted by Gasteiger charge is 2.25. The summed E-state index contributed by atoms with van der Waals surface area (Å²) in [5.41, 5.74) is 1.56. The molecule has 0 radical (unpaired) electrons. The Bertz CT molecular complexity index is 1100. The topological polar surface area (TPSA) is 69.6 Å². The van der Waals surface area contributed by atoms with Crippen molar-refractivity contribution in [3.05, 3.63) is 60.0 Å². The van der Waals surface area contributed by atoms with Crippen LogP contribution < -0.4 is 4.90 Å². The number of likely N-dealkylation sites (N-methyl/N-ethyl adjacent to an activating group) is 1. The third-order valence-corrected chi connectivity index (χ3v) is 8.59. The fourth-order valence-electron chi connectivity index (χ4n) is 3.52. The smallest absolute Gasteiger partial charge is 0.252 e. The molecule has 0 aliphatic carbocycles. The molecular weight excluding hydrogens is 437 g/mol. The molecule has 10 heteroatoms. The third kappa shape index (κ3) is 4.93. The number of rotatable bonds is 7. The van der Waals surface area contributed by atoms with Crippen LogP contribution in [-0.2, 0) is 10.0 Å². The normalized spacial score (nSPS) is 15.5. The molecule has 4 rings (SSSR count). The average molecular weight is 462 g/mol. The Morgan fingerprint density at radius 1 is 1.06 bits per heavy atom. The molecular formula is C21H24FN5O2S2. The van der Waals surface area contributed by atoms with Crippen LogP contribution in [0.1, 0.15) is 0 Å². The van der Waals surface area contributed by atoms with E-state index in [1.54, 1.807) is 49.1 Å². The number of benzene rings is 1. The Balaban J connectivity index is 1.36. The van der Waals surface area contributed by atoms with Crippen LogP contribution in [0.4, 0.5) is 10.2 Å². The van der Waals surface area contributed by atoms with E-state index in [-0.39, 0.29) is 5.82 Å². The SMILES string of the molecule is CN(CCN1CCN(c2nccnc2-c2ccc(F)cc2)CC1)S(=O)(=O)c1cccs1. The summed E-state index contributed by atoms with van der Waals surface area (Å²) in [6.07, 6.45) is 3.31. The van der Waals surface area contributed by atoms with Crippen molar-refractivity contribution in [3.8, 4) is 11.3 Å². The summed E-state index contributed by atoms with van der Waals surface area (Å²) in [6.45, 7) is 4.22. The molecule has 1 saturated heterocycles. The summed E-state index contributed by atoms with van der Waals surface area (Å²) in [4.78, 5) is 13.4. The number of hydrogen-bond donors (Lipinski definition) is 0. The number of aromatic nitrogens is 2. The van der Waals surface area contributed by atoms with Gasteiger partial charge in [-0.15, -0.1) is 11.3 Å². The van der Waals surface area contributed by atoms with Gasteiger partial charge in [-0.05, 0) is 35.7 Å². The van der Waals surface area contributed by atoms with Crippen LogP contribution in [0, 0.1) is 5.82 Å². The van der Waals surface area contributed by atoms with Crippen LogP contribution in [0.2, 0.25) is 0 Å². The maximum Gasteiger partial charge on any atom is 0.252 e. The zero-order valence-electron chi connectivity index (χ0n) is 17.2. The molecule has 31 heavy (non-hydrogen) atoms. The van der Waals surface area contributed by atoms with E-state index in [4.69, 9.17) is 0 Å². The first kappa shape index (κ1) is 21.8. The third-order valence-electron chi connectivity index (χ3n) is 5.36. The van der Waals surface area contributed by atoms with Crippen molar-refractivity contribution in [1.29, 1.82) is 0 Å². The fourth-order valence-corrected chi connectivity index (χ4v) is 5.89. The summed E-state index contributed by atoms with van der Waals surface area (Å²) >= 11 is 1.23. The first-order chi connectivity index (χ1) is 14.9. The van der Waals surface area contributed by atoms with Gasteiger partial charge in [-0.3, -0.25) is 9.88 Å². The van der Waals surface area contributed by atoms with E-state index in [1.807, 2.05) is 0 Å². The number of anilines is 1. The molecule has 3 heterocycles. The minimum absolute atomic E-state index is 0.283. The van der Waals surface area contributed by atoms with Crippen molar-refractivity contribution in [2.75, 3.05) is 51.2 Å². The second kappa shape index (κ2) is 9.39. The van der Waals surface area contributed by atoms with Gasteiger partial charge in [-0.1, -0.05) is 6.07 Å². The predicted molar refractivity (Wildman–Crippen MR) is 120 cm³/mol. The molecule has 3 aromatic rings. The van der Waals surface area contributed by atoms with E-state index < -0.39 is 10.0 Å². The van der Waals surface area contributed by atoms with Gasteiger partial charge in [0.15, 0.2) is 5.82 Å². The molecule has 0 unspecified atom stereocenters. The lowest BCUT2D eigenvalue weighted by molar-refractivity contribution is 0.243. The monoisotopic (exact) mass is 461 g/mol. The van der Waals surface area contributed by atoms with Crippen LogP contribution in [-0.4, -0.2) is 73.9 Å². The van der Waals surface area contributed by atoms with Crippen LogP contribution in [0.15, 0.2) is 58.4 Å². The maximum atomic E-state index is 13.3. The van der Waals surface area contributed by atoms with Crippen molar-refractivity contribution in [1.82, 2.24) is 19.2 Å². The maximum absolute atomic E-state index is 13.3. The number of piperazine rings is 1. The Kier molecular flexibility index (Phi) is 6.61. The van der Waals surface area contributed by atoms with E-state index in [2.05, 4.69) is 19.8 Å². The molecule has 1 fully saturated rings. The second-order valence-corrected chi connectivity index (χ2v) is 10.5. The Morgan fingerprint density at radius 2 is 1.77 bits per heavy atom. The first-order valence-corrected chi connectivity index (χ1v) is 12.3. The molecule has 1 aliphatic rings. The lowest BCUT2D eigenvalue weighted by atomic mass is 10.1. The van der Waals surface area contributed by atoms with E-state index in [0.717, 1.165) is 43.3 Å². The van der Waals surface area contributed by atoms with Gasteiger partial charge in [-0.25, -0.2) is 17.8 Å². The van der Waals surface area contributed by atoms with Crippen molar-refractivity contribution in [3.63, 3.8) is 0 Å². The molecule has 2 aromatic heterocycles. The second-order valence-electron chi connectivity index (χ2n) is 7.32. The van der Waals surface area contributed by atoms with Gasteiger partial charge < -0.3 is 4.90 Å². The van der Waals surface area contributed by atoms with Crippen LogP contribution in [0.5, 0.6) is 0 Å². The Morgan fingerprint density at radius 3 is 2.45 bits per heavy atom. The highest BCUT2D eigenvalue weighted by atomic mass is 32.2. The number of sulfonamides is 1. The van der Waals surface area contributed by atoms with Crippen molar-refractivity contribution >= 4 is 27.2 Å². The Hall–Kier alpha value is -2.40. The Labute approximate surface area is 185 Å². The number of hydrogen-bond acceptors (Lipinski definition) is 7. The van der Waals surface area contributed by atoms with Crippen molar-refractivity contribution in [2.24, 2.45) is 0 Å². The lowest BCUT2D eigenvalue weighted by Gasteiger charge is -2.36. The summed E-state index contributed by atoms with van der Waals surface area (Å²) in [5.74, 6) is 0.500. The lowest BCUT2D eigenvalue weighted by Crippen LogP contribution is -2.49. The van der Waals surface area contributed by atoms with Crippen LogP contribution in [0.3, 0.4) is 0 Å². The average Bonchev–Trinajstić information content (AvgIpc) is 3.34. The molecule has 1 aliphatic heterocycles. The molecule has 0 N–H and O–H groups in total. The minimum Gasteiger partial charge on any atom is -0.352 e. The highest BCUT2D eigenvalue weighted by molar-refractivity contribution is 7.91. The summed E-state index contributed by atoms with van der Waals surface area (Å²) in [5, 5.41) is 1.77. The van der Waals surface area contributed by atoms with Gasteiger partial charge in [0.05, 0.1) is 0 Å². The molecule has 0 spiro atoms. The highest BCUT2D eigenvalue weighted by Crippen LogP contribution is 2.27. The quantitative estimate of drug-likeness (QED) is 0.539. The van der Waals surface area contributed by atoms with Gasteiger partial charge in [0.25, 0.3) is 10.0 Å². The zero-order chi connectivity index (χ0) is 21.8. The molecule has 7 nitrogen and oxygen atoms in total. The van der Waals surface area contributed by atoms with E-state index in [9.17, 15) is 12.8 Å². The van der Waals surface area contributed by atoms with E-state index >= 15 is 0 Å². The molecule has 0 atom stereocenters. The zero-order valence-corrected chi connectivity index (χ0v) is 18.8. The standard InChI is InChI=1S/C21H24FN5O2S2/c1-25(31(28,29)19-3-2-16-30-19)10-11-26-12-14-27(15-13-26)21-20(23-8-9-24-21)17-4-6-18(22)7-5-17/h2-9,16H,10-15H2,1H3.